The van der Waals surface area contributed by atoms with E-state index in [1.807, 2.05) is 98.8 Å². The van der Waals surface area contributed by atoms with E-state index in [1.54, 1.807) is 42.5 Å². The standard InChI is InChI=1S/C21H19NO3.C20H23NO4.C20H21NO3.C18H16F3NO3.C17H15F2NO3/c23-21(22-18-8-9-19-20(14-18)25-12-11-24-19)10-6-15-5-7-16-3-1-2-4-17(16)13-15;1-14(2)25-17-7-3-15(4-8-17)5-10-20(22)21-16-6-9-18-19(13-16)24-12-11-23-18;22-20(9-5-14-4-6-15-2-1-3-16(15)12-14)21-17-7-8-18-19(13-17)24-11-10-23-18;19-18(20,21)14-4-2-1-3-12(14)5-8-17(23)22-13-6-7-15-16(11-13)25-10-9-24-15;18-12-3-1-11(14(19)9-12)2-6-17(21)20-13-4-5-15-16(10-13)23-8-7-22-15/h1-5,7-9,13-14H,6,10-12H2,(H,22,23);3-4,6-9,13-14H,5,10-12H2,1-2H3,(H,21,22);4,6-8,12-13H,1-3,5,9-11H2,(H,21,22);1-4,6-7,11H,5,8-10H2,(H,22,23);1,3-5,9-10H,2,6-8H2,(H,20,21). The fourth-order valence-corrected chi connectivity index (χ4v) is 13.9. The van der Waals surface area contributed by atoms with Crippen LogP contribution >= 0.6 is 0 Å². The third-order valence-corrected chi connectivity index (χ3v) is 19.9. The third-order valence-electron chi connectivity index (χ3n) is 19.9. The lowest BCUT2D eigenvalue weighted by Crippen LogP contribution is -2.17. The van der Waals surface area contributed by atoms with Gasteiger partial charge < -0.3 is 78.7 Å². The molecular weight excluding hydrogens is 1570 g/mol. The highest BCUT2D eigenvalue weighted by Gasteiger charge is 2.33. The molecule has 0 fully saturated rings. The van der Waals surface area contributed by atoms with Crippen LogP contribution in [-0.2, 0) is 75.1 Å². The molecule has 17 rings (SSSR count). The van der Waals surface area contributed by atoms with Gasteiger partial charge in [0.05, 0.1) is 11.7 Å². The summed E-state index contributed by atoms with van der Waals surface area (Å²) in [5.74, 6) is 5.50. The van der Waals surface area contributed by atoms with Crippen LogP contribution in [0.1, 0.15) is 96.9 Å². The van der Waals surface area contributed by atoms with Crippen molar-refractivity contribution in [3.05, 3.63) is 275 Å². The highest BCUT2D eigenvalue weighted by molar-refractivity contribution is 5.94. The highest BCUT2D eigenvalue weighted by Crippen LogP contribution is 2.39. The summed E-state index contributed by atoms with van der Waals surface area (Å²) in [7, 11) is 0. The Kier molecular flexibility index (Phi) is 30.0. The van der Waals surface area contributed by atoms with Crippen LogP contribution in [0.3, 0.4) is 0 Å². The van der Waals surface area contributed by atoms with Crippen molar-refractivity contribution >= 4 is 68.7 Å². The number of hydrogen-bond donors (Lipinski definition) is 5. The molecule has 6 aliphatic rings. The van der Waals surface area contributed by atoms with Crippen LogP contribution in [0.15, 0.2) is 218 Å². The summed E-state index contributed by atoms with van der Waals surface area (Å²) in [6.07, 6.45) is 3.08. The molecule has 0 bridgehead atoms. The van der Waals surface area contributed by atoms with Crippen molar-refractivity contribution in [2.75, 3.05) is 92.7 Å². The first-order valence-corrected chi connectivity index (χ1v) is 40.6. The lowest BCUT2D eigenvalue weighted by Gasteiger charge is -2.19. The summed E-state index contributed by atoms with van der Waals surface area (Å²) < 4.78 is 126. The fraction of sp³-hybridized carbons (Fsp3) is 0.281. The van der Waals surface area contributed by atoms with Gasteiger partial charge in [-0.2, -0.15) is 13.2 Å². The average Bonchev–Trinajstić information content (AvgIpc) is 1.22. The molecule has 0 aromatic heterocycles. The van der Waals surface area contributed by atoms with E-state index in [0.717, 1.165) is 64.0 Å². The van der Waals surface area contributed by atoms with Gasteiger partial charge >= 0.3 is 6.18 Å². The smallest absolute Gasteiger partial charge is 0.416 e. The molecule has 5 N–H and O–H groups in total. The molecule has 21 nitrogen and oxygen atoms in total. The van der Waals surface area contributed by atoms with Crippen molar-refractivity contribution in [3.8, 4) is 63.2 Å². The Balaban J connectivity index is 0.000000131. The number of benzene rings is 11. The lowest BCUT2D eigenvalue weighted by atomic mass is 10.0. The van der Waals surface area contributed by atoms with Crippen LogP contribution in [0.25, 0.3) is 10.8 Å². The number of hydrogen-bond acceptors (Lipinski definition) is 16. The molecule has 122 heavy (non-hydrogen) atoms. The highest BCUT2D eigenvalue weighted by atomic mass is 19.4. The summed E-state index contributed by atoms with van der Waals surface area (Å²) in [4.78, 5) is 60.6. The van der Waals surface area contributed by atoms with Crippen molar-refractivity contribution in [2.45, 2.75) is 110 Å². The summed E-state index contributed by atoms with van der Waals surface area (Å²) in [5.41, 5.74) is 9.44. The van der Waals surface area contributed by atoms with Gasteiger partial charge in [0, 0.05) is 96.9 Å². The molecule has 11 aromatic rings. The first-order chi connectivity index (χ1) is 59.2. The van der Waals surface area contributed by atoms with Crippen LogP contribution in [0.2, 0.25) is 0 Å². The maximum Gasteiger partial charge on any atom is 0.416 e. The molecule has 0 spiro atoms. The van der Waals surface area contributed by atoms with E-state index in [2.05, 4.69) is 75.1 Å². The lowest BCUT2D eigenvalue weighted by molar-refractivity contribution is -0.138. The average molecular weight is 1670 g/mol. The van der Waals surface area contributed by atoms with Crippen LogP contribution in [-0.4, -0.2) is 102 Å². The number of aryl methyl sites for hydroxylation is 7. The van der Waals surface area contributed by atoms with Crippen molar-refractivity contribution in [1.82, 2.24) is 0 Å². The third kappa shape index (κ3) is 25.8. The summed E-state index contributed by atoms with van der Waals surface area (Å²) in [5, 5.41) is 16.6. The number of ether oxygens (including phenoxy) is 11. The number of anilines is 5. The molecule has 5 amide bonds. The predicted molar refractivity (Wildman–Crippen MR) is 454 cm³/mol. The molecule has 0 radical (unpaired) electrons. The van der Waals surface area contributed by atoms with Crippen LogP contribution in [0, 0.1) is 11.6 Å². The van der Waals surface area contributed by atoms with Gasteiger partial charge in [0.1, 0.15) is 83.5 Å². The van der Waals surface area contributed by atoms with Gasteiger partial charge in [0.15, 0.2) is 57.5 Å². The van der Waals surface area contributed by atoms with Crippen LogP contribution < -0.4 is 78.7 Å². The molecule has 5 heterocycles. The Morgan fingerprint density at radius 2 is 0.689 bits per heavy atom. The van der Waals surface area contributed by atoms with Crippen LogP contribution in [0.4, 0.5) is 50.4 Å². The summed E-state index contributed by atoms with van der Waals surface area (Å²) >= 11 is 0. The van der Waals surface area contributed by atoms with E-state index >= 15 is 0 Å². The van der Waals surface area contributed by atoms with E-state index in [1.165, 1.54) is 77.1 Å². The van der Waals surface area contributed by atoms with Crippen molar-refractivity contribution < 1.29 is 98.0 Å². The molecule has 0 saturated heterocycles. The first-order valence-electron chi connectivity index (χ1n) is 40.6. The second-order valence-electron chi connectivity index (χ2n) is 29.4. The summed E-state index contributed by atoms with van der Waals surface area (Å²) in [6.45, 7) is 9.15. The zero-order valence-corrected chi connectivity index (χ0v) is 67.5. The van der Waals surface area contributed by atoms with E-state index in [0.29, 0.717) is 161 Å². The Bertz CT molecular complexity index is 5480. The molecule has 0 atom stereocenters. The molecule has 1 aliphatic carbocycles. The number of halogens is 5. The monoisotopic (exact) mass is 1670 g/mol. The number of carbonyl (C=O) groups is 5. The Labute approximate surface area is 703 Å². The predicted octanol–water partition coefficient (Wildman–Crippen LogP) is 18.9. The van der Waals surface area contributed by atoms with Gasteiger partial charge in [-0.3, -0.25) is 24.0 Å². The number of nitrogens with one attached hydrogen (secondary N) is 5. The Morgan fingerprint density at radius 3 is 1.11 bits per heavy atom. The molecule has 5 aliphatic heterocycles. The minimum Gasteiger partial charge on any atom is -0.491 e. The van der Waals surface area contributed by atoms with Crippen molar-refractivity contribution in [3.63, 3.8) is 0 Å². The van der Waals surface area contributed by atoms with Gasteiger partial charge in [-0.25, -0.2) is 8.78 Å². The minimum absolute atomic E-state index is 0.00602. The van der Waals surface area contributed by atoms with Crippen molar-refractivity contribution in [2.24, 2.45) is 0 Å². The molecule has 0 unspecified atom stereocenters. The Morgan fingerprint density at radius 1 is 0.336 bits per heavy atom. The Hall–Kier alpha value is -13.5. The molecule has 0 saturated carbocycles. The maximum absolute atomic E-state index is 13.5. The van der Waals surface area contributed by atoms with Gasteiger partial charge in [-0.1, -0.05) is 97.1 Å². The topological polar surface area (TPSA) is 247 Å². The van der Waals surface area contributed by atoms with Crippen LogP contribution in [0.5, 0.6) is 63.2 Å². The second kappa shape index (κ2) is 42.4. The molecular formula is C96H94F5N5O16. The van der Waals surface area contributed by atoms with E-state index in [-0.39, 0.29) is 66.9 Å². The SMILES string of the molecule is CC(C)Oc1ccc(CCC(=O)Nc2ccc3c(c2)OCCO3)cc1.O=C(CCc1ccc(F)cc1F)Nc1ccc2c(c1)OCCO2.O=C(CCc1ccc2c(c1)CCC2)Nc1ccc2c(c1)OCCO2.O=C(CCc1ccc2ccccc2c1)Nc1ccc2c(c1)OCCO2.O=C(CCc1ccccc1C(F)(F)F)Nc1ccc2c(c1)OCCO2. The van der Waals surface area contributed by atoms with E-state index in [9.17, 15) is 45.9 Å². The normalized spacial score (nSPS) is 13.3. The minimum atomic E-state index is -4.43. The zero-order chi connectivity index (χ0) is 85.2. The van der Waals surface area contributed by atoms with Crippen molar-refractivity contribution in [1.29, 1.82) is 0 Å². The van der Waals surface area contributed by atoms with Gasteiger partial charge in [0.2, 0.25) is 29.5 Å². The second-order valence-corrected chi connectivity index (χ2v) is 29.4. The van der Waals surface area contributed by atoms with Gasteiger partial charge in [0.25, 0.3) is 0 Å². The quantitative estimate of drug-likeness (QED) is 0.0396. The van der Waals surface area contributed by atoms with Gasteiger partial charge in [-0.05, 0) is 200 Å². The zero-order valence-electron chi connectivity index (χ0n) is 67.5. The maximum atomic E-state index is 13.5. The number of carbonyl (C=O) groups excluding carboxylic acids is 5. The molecule has 634 valence electrons. The largest absolute Gasteiger partial charge is 0.491 e. The fourth-order valence-electron chi connectivity index (χ4n) is 13.9. The number of fused-ring (bicyclic) bond motifs is 7. The summed E-state index contributed by atoms with van der Waals surface area (Å²) in [6, 6.07) is 64.2. The number of rotatable bonds is 22. The van der Waals surface area contributed by atoms with E-state index in [4.69, 9.17) is 52.1 Å². The molecule has 11 aromatic carbocycles. The van der Waals surface area contributed by atoms with E-state index < -0.39 is 23.4 Å². The van der Waals surface area contributed by atoms with Gasteiger partial charge in [-0.15, -0.1) is 0 Å². The number of amides is 5. The molecule has 26 heteroatoms. The first kappa shape index (κ1) is 86.3. The number of alkyl halides is 3.